The van der Waals surface area contributed by atoms with E-state index in [1.54, 1.807) is 0 Å². The summed E-state index contributed by atoms with van der Waals surface area (Å²) in [5.74, 6) is -2.18. The number of nitrogens with zero attached hydrogens (tertiary/aromatic N) is 2. The molecule has 0 heterocycles. The number of nitrogens with two attached hydrogens (primary N) is 1. The van der Waals surface area contributed by atoms with Crippen LogP contribution in [0.15, 0.2) is 0 Å². The minimum atomic E-state index is -1.48. The lowest BCUT2D eigenvalue weighted by molar-refractivity contribution is -0.790. The first-order chi connectivity index (χ1) is 9.72. The van der Waals surface area contributed by atoms with Gasteiger partial charge in [-0.15, -0.1) is 20.2 Å². The Morgan fingerprint density at radius 3 is 2.29 bits per heavy atom. The molecule has 0 rings (SSSR count). The molecule has 0 saturated carbocycles. The highest BCUT2D eigenvalue weighted by molar-refractivity contribution is 5.75. The van der Waals surface area contributed by atoms with Crippen molar-refractivity contribution in [2.24, 2.45) is 5.73 Å². The molecule has 0 aliphatic heterocycles. The summed E-state index contributed by atoms with van der Waals surface area (Å²) < 4.78 is 4.55. The molecule has 13 heteroatoms. The van der Waals surface area contributed by atoms with Crippen LogP contribution >= 0.6 is 0 Å². The minimum absolute atomic E-state index is 0.194. The van der Waals surface area contributed by atoms with E-state index in [0.29, 0.717) is 0 Å². The number of hydrogen-bond acceptors (Lipinski definition) is 10. The molecule has 0 aromatic heterocycles. The van der Waals surface area contributed by atoms with Crippen LogP contribution in [0.25, 0.3) is 0 Å². The van der Waals surface area contributed by atoms with Gasteiger partial charge in [0.05, 0.1) is 0 Å². The maximum absolute atomic E-state index is 11.2. The van der Waals surface area contributed by atoms with Crippen LogP contribution in [0.3, 0.4) is 0 Å². The highest BCUT2D eigenvalue weighted by Crippen LogP contribution is 2.01. The molecule has 0 bridgehead atoms. The predicted molar refractivity (Wildman–Crippen MR) is 60.6 cm³/mol. The van der Waals surface area contributed by atoms with Crippen molar-refractivity contribution >= 4 is 11.9 Å². The van der Waals surface area contributed by atoms with Crippen LogP contribution in [0.5, 0.6) is 0 Å². The van der Waals surface area contributed by atoms with Gasteiger partial charge in [0.1, 0.15) is 19.3 Å². The molecule has 0 fully saturated rings. The number of ether oxygens (including phenoxy) is 1. The van der Waals surface area contributed by atoms with Crippen LogP contribution < -0.4 is 5.73 Å². The van der Waals surface area contributed by atoms with Crippen LogP contribution in [-0.4, -0.2) is 52.6 Å². The van der Waals surface area contributed by atoms with Crippen molar-refractivity contribution in [1.82, 2.24) is 0 Å². The highest BCUT2D eigenvalue weighted by atomic mass is 17.0. The maximum Gasteiger partial charge on any atom is 0.320 e. The molecule has 0 aromatic carbocycles. The van der Waals surface area contributed by atoms with E-state index in [1.807, 2.05) is 0 Å². The van der Waals surface area contributed by atoms with Crippen molar-refractivity contribution in [2.75, 3.05) is 13.2 Å². The molecule has 0 amide bonds. The van der Waals surface area contributed by atoms with Crippen LogP contribution in [0.2, 0.25) is 0 Å². The van der Waals surface area contributed by atoms with E-state index in [0.717, 1.165) is 0 Å². The second-order valence-electron chi connectivity index (χ2n) is 3.64. The number of carbonyl (C=O) groups is 2. The van der Waals surface area contributed by atoms with Gasteiger partial charge < -0.3 is 25.3 Å². The molecule has 0 unspecified atom stereocenters. The summed E-state index contributed by atoms with van der Waals surface area (Å²) in [7, 11) is 0. The molecule has 0 radical (unpaired) electrons. The molecule has 3 N–H and O–H groups in total. The maximum atomic E-state index is 11.2. The predicted octanol–water partition coefficient (Wildman–Crippen LogP) is -1.49. The smallest absolute Gasteiger partial charge is 0.320 e. The van der Waals surface area contributed by atoms with Gasteiger partial charge in [0.25, 0.3) is 10.2 Å². The monoisotopic (exact) mass is 311 g/mol. The van der Waals surface area contributed by atoms with Crippen LogP contribution in [0.4, 0.5) is 0 Å². The summed E-state index contributed by atoms with van der Waals surface area (Å²) >= 11 is 0. The topological polar surface area (TPSA) is 194 Å². The zero-order valence-corrected chi connectivity index (χ0v) is 10.6. The Kier molecular flexibility index (Phi) is 8.05. The molecule has 120 valence electrons. The molecule has 21 heavy (non-hydrogen) atoms. The lowest BCUT2D eigenvalue weighted by Gasteiger charge is -2.14. The standard InChI is InChI=1S/C8H13N3O10/c9-6(8(13)14)1-2-7(12)19-3-5(21-11(17)18)4-20-10(15)16/h5-6H,1-4,9H2,(H,13,14)/t5-,6-/m0/s1. The van der Waals surface area contributed by atoms with E-state index in [1.165, 1.54) is 0 Å². The fourth-order valence-corrected chi connectivity index (χ4v) is 1.03. The average Bonchev–Trinajstić information content (AvgIpc) is 2.38. The van der Waals surface area contributed by atoms with Gasteiger partial charge >= 0.3 is 11.9 Å². The quantitative estimate of drug-likeness (QED) is 0.256. The van der Waals surface area contributed by atoms with Gasteiger partial charge in [-0.2, -0.15) is 0 Å². The lowest BCUT2D eigenvalue weighted by atomic mass is 10.2. The van der Waals surface area contributed by atoms with E-state index in [-0.39, 0.29) is 12.8 Å². The van der Waals surface area contributed by atoms with Crippen molar-refractivity contribution in [3.63, 3.8) is 0 Å². The van der Waals surface area contributed by atoms with Crippen molar-refractivity contribution < 1.29 is 39.3 Å². The van der Waals surface area contributed by atoms with Crippen LogP contribution in [-0.2, 0) is 24.0 Å². The first-order valence-electron chi connectivity index (χ1n) is 5.44. The van der Waals surface area contributed by atoms with Crippen LogP contribution in [0.1, 0.15) is 12.8 Å². The number of carboxylic acid groups (broad SMARTS) is 1. The third-order valence-electron chi connectivity index (χ3n) is 2.01. The number of esters is 1. The largest absolute Gasteiger partial charge is 0.480 e. The molecular formula is C8H13N3O10. The Morgan fingerprint density at radius 1 is 1.19 bits per heavy atom. The van der Waals surface area contributed by atoms with Gasteiger partial charge in [-0.05, 0) is 6.42 Å². The zero-order valence-electron chi connectivity index (χ0n) is 10.6. The Hall–Kier alpha value is -2.70. The molecule has 0 spiro atoms. The summed E-state index contributed by atoms with van der Waals surface area (Å²) in [6.45, 7) is -1.48. The first kappa shape index (κ1) is 18.3. The van der Waals surface area contributed by atoms with E-state index in [4.69, 9.17) is 10.8 Å². The third-order valence-corrected chi connectivity index (χ3v) is 2.01. The number of hydrogen-bond donors (Lipinski definition) is 2. The normalized spacial score (nSPS) is 12.8. The van der Waals surface area contributed by atoms with Gasteiger partial charge in [0, 0.05) is 6.42 Å². The number of carboxylic acids is 1. The third kappa shape index (κ3) is 9.83. The van der Waals surface area contributed by atoms with E-state index in [2.05, 4.69) is 14.4 Å². The minimum Gasteiger partial charge on any atom is -0.480 e. The zero-order chi connectivity index (χ0) is 16.4. The number of rotatable bonds is 11. The number of aliphatic carboxylic acids is 1. The fraction of sp³-hybridized carbons (Fsp3) is 0.750. The SMILES string of the molecule is N[C@@H](CCC(=O)OC[C@@H](CO[N+](=O)[O-])O[N+](=O)[O-])C(=O)O. The molecule has 13 nitrogen and oxygen atoms in total. The summed E-state index contributed by atoms with van der Waals surface area (Å²) in [5.41, 5.74) is 5.15. The van der Waals surface area contributed by atoms with Gasteiger partial charge in [0.15, 0.2) is 6.10 Å². The van der Waals surface area contributed by atoms with Gasteiger partial charge in [0.2, 0.25) is 0 Å². The summed E-state index contributed by atoms with van der Waals surface area (Å²) in [6.07, 6.45) is -2.02. The Morgan fingerprint density at radius 2 is 1.81 bits per heavy atom. The molecule has 2 atom stereocenters. The van der Waals surface area contributed by atoms with Gasteiger partial charge in [-0.3, -0.25) is 9.59 Å². The second kappa shape index (κ2) is 9.24. The highest BCUT2D eigenvalue weighted by Gasteiger charge is 2.19. The summed E-state index contributed by atoms with van der Waals surface area (Å²) in [4.78, 5) is 49.6. The lowest BCUT2D eigenvalue weighted by Crippen LogP contribution is -2.32. The van der Waals surface area contributed by atoms with Crippen molar-refractivity contribution in [1.29, 1.82) is 0 Å². The van der Waals surface area contributed by atoms with Crippen molar-refractivity contribution in [2.45, 2.75) is 25.0 Å². The summed E-state index contributed by atoms with van der Waals surface area (Å²) in [6, 6.07) is -1.25. The van der Waals surface area contributed by atoms with Crippen molar-refractivity contribution in [3.8, 4) is 0 Å². The Bertz CT molecular complexity index is 400. The van der Waals surface area contributed by atoms with E-state index >= 15 is 0 Å². The van der Waals surface area contributed by atoms with Crippen molar-refractivity contribution in [3.05, 3.63) is 20.2 Å². The number of carbonyl (C=O) groups excluding carboxylic acids is 1. The van der Waals surface area contributed by atoms with E-state index < -0.39 is 47.5 Å². The molecular weight excluding hydrogens is 298 g/mol. The van der Waals surface area contributed by atoms with E-state index in [9.17, 15) is 29.8 Å². The average molecular weight is 311 g/mol. The molecule has 0 saturated heterocycles. The molecule has 0 aliphatic carbocycles. The molecule has 0 aromatic rings. The molecule has 0 aliphatic rings. The van der Waals surface area contributed by atoms with Crippen LogP contribution in [0, 0.1) is 20.2 Å². The fourth-order valence-electron chi connectivity index (χ4n) is 1.03. The van der Waals surface area contributed by atoms with Gasteiger partial charge in [-0.25, -0.2) is 0 Å². The first-order valence-corrected chi connectivity index (χ1v) is 5.44. The Balaban J connectivity index is 4.14. The Labute approximate surface area is 116 Å². The van der Waals surface area contributed by atoms with Gasteiger partial charge in [-0.1, -0.05) is 0 Å². The summed E-state index contributed by atoms with van der Waals surface area (Å²) in [5, 5.41) is 26.1. The second-order valence-corrected chi connectivity index (χ2v) is 3.64.